The highest BCUT2D eigenvalue weighted by atomic mass is 16.5. The van der Waals surface area contributed by atoms with Crippen molar-refractivity contribution in [2.75, 3.05) is 11.9 Å². The highest BCUT2D eigenvalue weighted by molar-refractivity contribution is 5.99. The van der Waals surface area contributed by atoms with Crippen LogP contribution in [0.4, 0.5) is 5.69 Å². The van der Waals surface area contributed by atoms with Crippen molar-refractivity contribution in [1.29, 1.82) is 0 Å². The Labute approximate surface area is 135 Å². The zero-order chi connectivity index (χ0) is 16.4. The summed E-state index contributed by atoms with van der Waals surface area (Å²) >= 11 is 0. The standard InChI is InChI=1S/C16H21N5O2/c1-11-13(19-15(22)16(2)7-5-9-18-16)14(21(3)20-11)23-12-6-4-8-17-10-12/h4,6,8,10,18H,5,7,9H2,1-3H3,(H,19,22). The molecular formula is C16H21N5O2. The summed E-state index contributed by atoms with van der Waals surface area (Å²) in [6.45, 7) is 4.62. The Morgan fingerprint density at radius 2 is 2.35 bits per heavy atom. The van der Waals surface area contributed by atoms with Crippen LogP contribution in [-0.2, 0) is 11.8 Å². The van der Waals surface area contributed by atoms with E-state index in [0.29, 0.717) is 23.0 Å². The van der Waals surface area contributed by atoms with Gasteiger partial charge in [0.05, 0.1) is 17.4 Å². The summed E-state index contributed by atoms with van der Waals surface area (Å²) in [5.41, 5.74) is 0.756. The summed E-state index contributed by atoms with van der Waals surface area (Å²) in [6.07, 6.45) is 5.11. The molecular weight excluding hydrogens is 294 g/mol. The van der Waals surface area contributed by atoms with E-state index in [1.807, 2.05) is 13.8 Å². The Kier molecular flexibility index (Phi) is 4.04. The Morgan fingerprint density at radius 1 is 1.52 bits per heavy atom. The molecule has 0 spiro atoms. The van der Waals surface area contributed by atoms with Crippen molar-refractivity contribution in [3.05, 3.63) is 30.2 Å². The zero-order valence-electron chi connectivity index (χ0n) is 13.6. The molecule has 3 heterocycles. The van der Waals surface area contributed by atoms with Crippen LogP contribution >= 0.6 is 0 Å². The first-order valence-electron chi connectivity index (χ1n) is 7.67. The van der Waals surface area contributed by atoms with Crippen LogP contribution in [0.2, 0.25) is 0 Å². The number of rotatable bonds is 4. The summed E-state index contributed by atoms with van der Waals surface area (Å²) in [5, 5.41) is 10.6. The molecule has 23 heavy (non-hydrogen) atoms. The summed E-state index contributed by atoms with van der Waals surface area (Å²) in [4.78, 5) is 16.7. The first kappa shape index (κ1) is 15.5. The number of ether oxygens (including phenoxy) is 1. The Balaban J connectivity index is 1.86. The van der Waals surface area contributed by atoms with Gasteiger partial charge < -0.3 is 15.4 Å². The third kappa shape index (κ3) is 3.05. The van der Waals surface area contributed by atoms with E-state index < -0.39 is 5.54 Å². The second-order valence-electron chi connectivity index (χ2n) is 6.00. The van der Waals surface area contributed by atoms with E-state index in [4.69, 9.17) is 4.74 Å². The van der Waals surface area contributed by atoms with Crippen molar-refractivity contribution in [1.82, 2.24) is 20.1 Å². The van der Waals surface area contributed by atoms with Gasteiger partial charge in [-0.05, 0) is 45.4 Å². The van der Waals surface area contributed by atoms with Crippen molar-refractivity contribution in [2.24, 2.45) is 7.05 Å². The summed E-state index contributed by atoms with van der Waals surface area (Å²) < 4.78 is 7.47. The lowest BCUT2D eigenvalue weighted by molar-refractivity contribution is -0.121. The van der Waals surface area contributed by atoms with Gasteiger partial charge in [-0.25, -0.2) is 4.68 Å². The fourth-order valence-corrected chi connectivity index (χ4v) is 2.76. The second kappa shape index (κ2) is 6.00. The highest BCUT2D eigenvalue weighted by Gasteiger charge is 2.37. The van der Waals surface area contributed by atoms with Crippen molar-refractivity contribution < 1.29 is 9.53 Å². The van der Waals surface area contributed by atoms with Gasteiger partial charge in [0, 0.05) is 13.2 Å². The van der Waals surface area contributed by atoms with E-state index in [9.17, 15) is 4.79 Å². The van der Waals surface area contributed by atoms with Crippen LogP contribution in [0.15, 0.2) is 24.5 Å². The van der Waals surface area contributed by atoms with Gasteiger partial charge in [-0.3, -0.25) is 9.78 Å². The van der Waals surface area contributed by atoms with E-state index in [-0.39, 0.29) is 5.91 Å². The van der Waals surface area contributed by atoms with E-state index in [2.05, 4.69) is 20.7 Å². The molecule has 7 nitrogen and oxygen atoms in total. The molecule has 0 saturated carbocycles. The van der Waals surface area contributed by atoms with Crippen LogP contribution in [0.5, 0.6) is 11.6 Å². The first-order valence-corrected chi connectivity index (χ1v) is 7.67. The summed E-state index contributed by atoms with van der Waals surface area (Å²) in [5.74, 6) is 1.02. The molecule has 2 aromatic rings. The van der Waals surface area contributed by atoms with E-state index in [1.165, 1.54) is 0 Å². The van der Waals surface area contributed by atoms with Gasteiger partial charge in [0.25, 0.3) is 0 Å². The molecule has 7 heteroatoms. The minimum Gasteiger partial charge on any atom is -0.436 e. The normalized spacial score (nSPS) is 20.5. The quantitative estimate of drug-likeness (QED) is 0.902. The number of nitrogens with one attached hydrogen (secondary N) is 2. The molecule has 2 N–H and O–H groups in total. The Hall–Kier alpha value is -2.41. The number of nitrogens with zero attached hydrogens (tertiary/aromatic N) is 3. The van der Waals surface area contributed by atoms with Gasteiger partial charge >= 0.3 is 0 Å². The SMILES string of the molecule is Cc1nn(C)c(Oc2cccnc2)c1NC(=O)C1(C)CCCN1. The summed E-state index contributed by atoms with van der Waals surface area (Å²) in [6, 6.07) is 3.60. The number of pyridine rings is 1. The fraction of sp³-hybridized carbons (Fsp3) is 0.438. The highest BCUT2D eigenvalue weighted by Crippen LogP contribution is 2.32. The topological polar surface area (TPSA) is 81.1 Å². The molecule has 1 atom stereocenters. The number of aryl methyl sites for hydroxylation is 2. The van der Waals surface area contributed by atoms with E-state index >= 15 is 0 Å². The number of hydrogen-bond donors (Lipinski definition) is 2. The lowest BCUT2D eigenvalue weighted by atomic mass is 9.99. The van der Waals surface area contributed by atoms with Gasteiger partial charge in [0.15, 0.2) is 0 Å². The Morgan fingerprint density at radius 3 is 3.00 bits per heavy atom. The van der Waals surface area contributed by atoms with Gasteiger partial charge in [-0.1, -0.05) is 0 Å². The molecule has 0 radical (unpaired) electrons. The molecule has 1 unspecified atom stereocenters. The predicted octanol–water partition coefficient (Wildman–Crippen LogP) is 2.00. The molecule has 1 aliphatic rings. The molecule has 0 aliphatic carbocycles. The minimum absolute atomic E-state index is 0.0675. The maximum atomic E-state index is 12.6. The van der Waals surface area contributed by atoms with Crippen molar-refractivity contribution in [3.63, 3.8) is 0 Å². The fourth-order valence-electron chi connectivity index (χ4n) is 2.76. The van der Waals surface area contributed by atoms with Gasteiger partial charge in [-0.15, -0.1) is 0 Å². The maximum absolute atomic E-state index is 12.6. The van der Waals surface area contributed by atoms with Crippen molar-refractivity contribution in [3.8, 4) is 11.6 Å². The monoisotopic (exact) mass is 315 g/mol. The molecule has 1 amide bonds. The second-order valence-corrected chi connectivity index (χ2v) is 6.00. The van der Waals surface area contributed by atoms with Crippen LogP contribution in [0.25, 0.3) is 0 Å². The lowest BCUT2D eigenvalue weighted by Crippen LogP contribution is -2.48. The van der Waals surface area contributed by atoms with Gasteiger partial charge in [0.2, 0.25) is 11.8 Å². The molecule has 2 aromatic heterocycles. The van der Waals surface area contributed by atoms with Crippen LogP contribution in [-0.4, -0.2) is 32.8 Å². The molecule has 122 valence electrons. The number of hydrogen-bond acceptors (Lipinski definition) is 5. The smallest absolute Gasteiger partial charge is 0.244 e. The number of aromatic nitrogens is 3. The molecule has 3 rings (SSSR count). The van der Waals surface area contributed by atoms with Crippen LogP contribution in [0.1, 0.15) is 25.5 Å². The first-order chi connectivity index (χ1) is 11.0. The molecule has 1 fully saturated rings. The minimum atomic E-state index is -0.548. The lowest BCUT2D eigenvalue weighted by Gasteiger charge is -2.23. The number of carbonyl (C=O) groups is 1. The molecule has 1 saturated heterocycles. The third-order valence-electron chi connectivity index (χ3n) is 4.13. The van der Waals surface area contributed by atoms with Crippen LogP contribution in [0.3, 0.4) is 0 Å². The van der Waals surface area contributed by atoms with Crippen molar-refractivity contribution >= 4 is 11.6 Å². The largest absolute Gasteiger partial charge is 0.436 e. The number of amides is 1. The average Bonchev–Trinajstić information content (AvgIpc) is 3.08. The Bertz CT molecular complexity index is 705. The van der Waals surface area contributed by atoms with Gasteiger partial charge in [-0.2, -0.15) is 5.10 Å². The zero-order valence-corrected chi connectivity index (χ0v) is 13.6. The maximum Gasteiger partial charge on any atom is 0.244 e. The average molecular weight is 315 g/mol. The number of carbonyl (C=O) groups excluding carboxylic acids is 1. The van der Waals surface area contributed by atoms with Crippen LogP contribution < -0.4 is 15.4 Å². The predicted molar refractivity (Wildman–Crippen MR) is 86.5 cm³/mol. The van der Waals surface area contributed by atoms with Gasteiger partial charge in [0.1, 0.15) is 11.4 Å². The van der Waals surface area contributed by atoms with Crippen molar-refractivity contribution in [2.45, 2.75) is 32.2 Å². The molecule has 0 aromatic carbocycles. The van der Waals surface area contributed by atoms with E-state index in [1.54, 1.807) is 36.3 Å². The molecule has 1 aliphatic heterocycles. The molecule has 0 bridgehead atoms. The summed E-state index contributed by atoms with van der Waals surface area (Å²) in [7, 11) is 1.78. The van der Waals surface area contributed by atoms with Crippen LogP contribution in [0, 0.1) is 6.92 Å². The third-order valence-corrected chi connectivity index (χ3v) is 4.13. The number of anilines is 1. The van der Waals surface area contributed by atoms with E-state index in [0.717, 1.165) is 19.4 Å².